The van der Waals surface area contributed by atoms with E-state index in [1.165, 1.54) is 0 Å². The van der Waals surface area contributed by atoms with Crippen molar-refractivity contribution < 1.29 is 9.47 Å². The second kappa shape index (κ2) is 7.03. The van der Waals surface area contributed by atoms with Gasteiger partial charge in [0.2, 0.25) is 0 Å². The number of halogens is 2. The van der Waals surface area contributed by atoms with Gasteiger partial charge in [-0.15, -0.1) is 0 Å². The van der Waals surface area contributed by atoms with Crippen LogP contribution in [0.5, 0.6) is 11.5 Å². The Morgan fingerprint density at radius 3 is 2.52 bits per heavy atom. The van der Waals surface area contributed by atoms with Crippen LogP contribution < -0.4 is 15.2 Å². The highest BCUT2D eigenvalue weighted by atomic mass is 35.5. The fraction of sp³-hybridized carbons (Fsp3) is 0.250. The average Bonchev–Trinajstić information content (AvgIpc) is 2.51. The Balaban J connectivity index is 2.31. The first-order valence-corrected chi connectivity index (χ1v) is 7.22. The summed E-state index contributed by atoms with van der Waals surface area (Å²) >= 11 is 12.2. The highest BCUT2D eigenvalue weighted by Crippen LogP contribution is 2.33. The van der Waals surface area contributed by atoms with E-state index < -0.39 is 0 Å². The lowest BCUT2D eigenvalue weighted by Crippen LogP contribution is -2.15. The number of nitrogens with two attached hydrogens (primary N) is 1. The highest BCUT2D eigenvalue weighted by Gasteiger charge is 2.16. The van der Waals surface area contributed by atoms with Crippen LogP contribution in [0.15, 0.2) is 36.4 Å². The van der Waals surface area contributed by atoms with Gasteiger partial charge < -0.3 is 15.2 Å². The van der Waals surface area contributed by atoms with Gasteiger partial charge >= 0.3 is 0 Å². The lowest BCUT2D eigenvalue weighted by atomic mass is 9.98. The molecule has 0 aliphatic carbocycles. The normalized spacial score (nSPS) is 12.0. The summed E-state index contributed by atoms with van der Waals surface area (Å²) in [5, 5.41) is 1.07. The Kier molecular flexibility index (Phi) is 5.34. The fourth-order valence-corrected chi connectivity index (χ4v) is 2.58. The maximum atomic E-state index is 6.31. The zero-order chi connectivity index (χ0) is 15.4. The third-order valence-corrected chi connectivity index (χ3v) is 4.17. The molecule has 0 amide bonds. The summed E-state index contributed by atoms with van der Waals surface area (Å²) in [5.74, 6) is 1.46. The van der Waals surface area contributed by atoms with Crippen LogP contribution in [-0.2, 0) is 6.42 Å². The van der Waals surface area contributed by atoms with Crippen molar-refractivity contribution in [3.05, 3.63) is 57.6 Å². The molecule has 2 rings (SSSR count). The van der Waals surface area contributed by atoms with Gasteiger partial charge in [0.15, 0.2) is 0 Å². The molecule has 2 aromatic rings. The minimum absolute atomic E-state index is 0.272. The monoisotopic (exact) mass is 325 g/mol. The van der Waals surface area contributed by atoms with E-state index in [4.69, 9.17) is 38.4 Å². The molecule has 0 saturated heterocycles. The fourth-order valence-electron chi connectivity index (χ4n) is 2.18. The zero-order valence-corrected chi connectivity index (χ0v) is 13.4. The van der Waals surface area contributed by atoms with Crippen molar-refractivity contribution in [2.24, 2.45) is 5.73 Å². The maximum absolute atomic E-state index is 6.31. The molecule has 21 heavy (non-hydrogen) atoms. The summed E-state index contributed by atoms with van der Waals surface area (Å²) in [6, 6.07) is 10.8. The highest BCUT2D eigenvalue weighted by molar-refractivity contribution is 6.42. The van der Waals surface area contributed by atoms with Gasteiger partial charge in [-0.05, 0) is 36.2 Å². The minimum Gasteiger partial charge on any atom is -0.497 e. The van der Waals surface area contributed by atoms with Crippen LogP contribution >= 0.6 is 23.2 Å². The van der Waals surface area contributed by atoms with Crippen molar-refractivity contribution in [1.29, 1.82) is 0 Å². The van der Waals surface area contributed by atoms with E-state index in [1.807, 2.05) is 30.3 Å². The maximum Gasteiger partial charge on any atom is 0.123 e. The van der Waals surface area contributed by atoms with Crippen LogP contribution in [0.4, 0.5) is 0 Å². The van der Waals surface area contributed by atoms with Crippen molar-refractivity contribution in [3.8, 4) is 11.5 Å². The van der Waals surface area contributed by atoms with Crippen LogP contribution in [0, 0.1) is 0 Å². The van der Waals surface area contributed by atoms with Gasteiger partial charge in [-0.1, -0.05) is 35.3 Å². The molecule has 5 heteroatoms. The standard InChI is InChI=1S/C16H17Cl2NO2/c1-20-11-6-7-15(21-2)12(9-11)14(19)8-10-4-3-5-13(17)16(10)18/h3-7,9,14H,8,19H2,1-2H3. The largest absolute Gasteiger partial charge is 0.497 e. The molecular weight excluding hydrogens is 309 g/mol. The summed E-state index contributed by atoms with van der Waals surface area (Å²) in [5.41, 5.74) is 8.08. The van der Waals surface area contributed by atoms with Crippen LogP contribution in [0.3, 0.4) is 0 Å². The second-order valence-electron chi connectivity index (χ2n) is 4.63. The Morgan fingerprint density at radius 2 is 1.86 bits per heavy atom. The molecule has 1 atom stereocenters. The molecule has 0 aliphatic heterocycles. The number of benzene rings is 2. The van der Waals surface area contributed by atoms with Crippen molar-refractivity contribution in [1.82, 2.24) is 0 Å². The van der Waals surface area contributed by atoms with E-state index in [9.17, 15) is 0 Å². The molecule has 0 bridgehead atoms. The van der Waals surface area contributed by atoms with Gasteiger partial charge in [0, 0.05) is 11.6 Å². The molecule has 0 heterocycles. The zero-order valence-electron chi connectivity index (χ0n) is 11.9. The Morgan fingerprint density at radius 1 is 1.10 bits per heavy atom. The molecule has 0 saturated carbocycles. The lowest BCUT2D eigenvalue weighted by molar-refractivity contribution is 0.395. The number of hydrogen-bond donors (Lipinski definition) is 1. The molecule has 0 aromatic heterocycles. The molecule has 0 fully saturated rings. The first-order chi connectivity index (χ1) is 10.1. The van der Waals surface area contributed by atoms with Gasteiger partial charge in [-0.2, -0.15) is 0 Å². The number of methoxy groups -OCH3 is 2. The van der Waals surface area contributed by atoms with Gasteiger partial charge in [0.1, 0.15) is 11.5 Å². The Labute approximate surface area is 134 Å². The van der Waals surface area contributed by atoms with Crippen molar-refractivity contribution in [3.63, 3.8) is 0 Å². The van der Waals surface area contributed by atoms with Crippen molar-refractivity contribution in [2.45, 2.75) is 12.5 Å². The minimum atomic E-state index is -0.272. The summed E-state index contributed by atoms with van der Waals surface area (Å²) in [7, 11) is 3.23. The summed E-state index contributed by atoms with van der Waals surface area (Å²) < 4.78 is 10.6. The summed E-state index contributed by atoms with van der Waals surface area (Å²) in [6.07, 6.45) is 0.558. The van der Waals surface area contributed by atoms with Crippen molar-refractivity contribution in [2.75, 3.05) is 14.2 Å². The average molecular weight is 326 g/mol. The molecule has 112 valence electrons. The molecule has 2 aromatic carbocycles. The van der Waals surface area contributed by atoms with Crippen LogP contribution in [0.25, 0.3) is 0 Å². The summed E-state index contributed by atoms with van der Waals surface area (Å²) in [6.45, 7) is 0. The third kappa shape index (κ3) is 3.62. The van der Waals surface area contributed by atoms with Gasteiger partial charge in [-0.3, -0.25) is 0 Å². The van der Waals surface area contributed by atoms with Crippen molar-refractivity contribution >= 4 is 23.2 Å². The second-order valence-corrected chi connectivity index (χ2v) is 5.42. The quantitative estimate of drug-likeness (QED) is 0.893. The Hall–Kier alpha value is -1.42. The molecule has 2 N–H and O–H groups in total. The van der Waals surface area contributed by atoms with Crippen LogP contribution in [-0.4, -0.2) is 14.2 Å². The smallest absolute Gasteiger partial charge is 0.123 e. The molecule has 3 nitrogen and oxygen atoms in total. The molecule has 1 unspecified atom stereocenters. The molecule has 0 radical (unpaired) electrons. The first-order valence-electron chi connectivity index (χ1n) is 6.47. The third-order valence-electron chi connectivity index (χ3n) is 3.31. The van der Waals surface area contributed by atoms with Crippen LogP contribution in [0.1, 0.15) is 17.2 Å². The van der Waals surface area contributed by atoms with Crippen LogP contribution in [0.2, 0.25) is 10.0 Å². The Bertz CT molecular complexity index is 632. The van der Waals surface area contributed by atoms with E-state index in [0.717, 1.165) is 22.6 Å². The van der Waals surface area contributed by atoms with E-state index in [1.54, 1.807) is 20.3 Å². The number of rotatable bonds is 5. The topological polar surface area (TPSA) is 44.5 Å². The lowest BCUT2D eigenvalue weighted by Gasteiger charge is -2.17. The van der Waals surface area contributed by atoms with Gasteiger partial charge in [0.25, 0.3) is 0 Å². The predicted octanol–water partition coefficient (Wildman–Crippen LogP) is 4.25. The number of hydrogen-bond acceptors (Lipinski definition) is 3. The van der Waals surface area contributed by atoms with E-state index in [0.29, 0.717) is 16.5 Å². The predicted molar refractivity (Wildman–Crippen MR) is 86.6 cm³/mol. The SMILES string of the molecule is COc1ccc(OC)c(C(N)Cc2cccc(Cl)c2Cl)c1. The van der Waals surface area contributed by atoms with E-state index in [2.05, 4.69) is 0 Å². The van der Waals surface area contributed by atoms with E-state index >= 15 is 0 Å². The van der Waals surface area contributed by atoms with Gasteiger partial charge in [0.05, 0.1) is 24.3 Å². The first kappa shape index (κ1) is 16.0. The molecule has 0 spiro atoms. The molecule has 0 aliphatic rings. The van der Waals surface area contributed by atoms with Gasteiger partial charge in [-0.25, -0.2) is 0 Å². The number of ether oxygens (including phenoxy) is 2. The molecular formula is C16H17Cl2NO2. The van der Waals surface area contributed by atoms with E-state index in [-0.39, 0.29) is 6.04 Å². The summed E-state index contributed by atoms with van der Waals surface area (Å²) in [4.78, 5) is 0.